The fourth-order valence-corrected chi connectivity index (χ4v) is 1.24. The molecule has 0 radical (unpaired) electrons. The molecule has 2 N–H and O–H groups in total. The van der Waals surface area contributed by atoms with Crippen LogP contribution in [0, 0.1) is 5.92 Å². The van der Waals surface area contributed by atoms with Crippen LogP contribution in [0.15, 0.2) is 0 Å². The lowest BCUT2D eigenvalue weighted by Crippen LogP contribution is -2.27. The van der Waals surface area contributed by atoms with Crippen molar-refractivity contribution in [3.63, 3.8) is 0 Å². The summed E-state index contributed by atoms with van der Waals surface area (Å²) in [5.74, 6) is 0.694. The summed E-state index contributed by atoms with van der Waals surface area (Å²) in [6, 6.07) is 0.417. The highest BCUT2D eigenvalue weighted by Crippen LogP contribution is 2.10. The van der Waals surface area contributed by atoms with Crippen LogP contribution in [0.25, 0.3) is 0 Å². The van der Waals surface area contributed by atoms with Gasteiger partial charge in [-0.05, 0) is 13.0 Å². The minimum absolute atomic E-state index is 0.417. The SMILES string of the molecule is CC1CN(C)CC1N. The van der Waals surface area contributed by atoms with Crippen LogP contribution < -0.4 is 5.73 Å². The summed E-state index contributed by atoms with van der Waals surface area (Å²) in [5.41, 5.74) is 5.73. The first-order valence-electron chi connectivity index (χ1n) is 3.14. The number of nitrogens with zero attached hydrogens (tertiary/aromatic N) is 1. The molecule has 1 fully saturated rings. The van der Waals surface area contributed by atoms with Crippen molar-refractivity contribution in [2.24, 2.45) is 11.7 Å². The zero-order valence-electron chi connectivity index (χ0n) is 5.59. The first-order valence-corrected chi connectivity index (χ1v) is 3.14. The summed E-state index contributed by atoms with van der Waals surface area (Å²) >= 11 is 0. The Morgan fingerprint density at radius 2 is 2.12 bits per heavy atom. The van der Waals surface area contributed by atoms with Crippen LogP contribution in [0.5, 0.6) is 0 Å². The van der Waals surface area contributed by atoms with Gasteiger partial charge in [0.05, 0.1) is 0 Å². The van der Waals surface area contributed by atoms with E-state index in [1.165, 1.54) is 6.54 Å². The number of hydrogen-bond donors (Lipinski definition) is 1. The van der Waals surface area contributed by atoms with Gasteiger partial charge in [-0.25, -0.2) is 0 Å². The average molecular weight is 114 g/mol. The fourth-order valence-electron chi connectivity index (χ4n) is 1.24. The second-order valence-corrected chi connectivity index (χ2v) is 2.86. The lowest BCUT2D eigenvalue weighted by molar-refractivity contribution is 0.401. The normalized spacial score (nSPS) is 40.9. The van der Waals surface area contributed by atoms with Gasteiger partial charge in [-0.2, -0.15) is 0 Å². The van der Waals surface area contributed by atoms with Crippen molar-refractivity contribution >= 4 is 0 Å². The molecule has 0 bridgehead atoms. The summed E-state index contributed by atoms with van der Waals surface area (Å²) in [7, 11) is 2.11. The van der Waals surface area contributed by atoms with E-state index in [1.54, 1.807) is 0 Å². The van der Waals surface area contributed by atoms with Gasteiger partial charge in [-0.1, -0.05) is 6.92 Å². The van der Waals surface area contributed by atoms with Gasteiger partial charge in [0.2, 0.25) is 0 Å². The maximum absolute atomic E-state index is 5.73. The Morgan fingerprint density at radius 1 is 1.50 bits per heavy atom. The predicted molar refractivity (Wildman–Crippen MR) is 34.6 cm³/mol. The number of rotatable bonds is 0. The molecule has 0 spiro atoms. The summed E-state index contributed by atoms with van der Waals surface area (Å²) in [5, 5.41) is 0. The fraction of sp³-hybridized carbons (Fsp3) is 1.00. The third-order valence-corrected chi connectivity index (χ3v) is 1.85. The van der Waals surface area contributed by atoms with Crippen LogP contribution in [0.2, 0.25) is 0 Å². The van der Waals surface area contributed by atoms with Gasteiger partial charge in [0.1, 0.15) is 0 Å². The Bertz CT molecular complexity index is 72.6. The van der Waals surface area contributed by atoms with Crippen molar-refractivity contribution < 1.29 is 0 Å². The molecular formula is C6H14N2. The molecule has 0 aromatic rings. The van der Waals surface area contributed by atoms with Crippen molar-refractivity contribution in [3.05, 3.63) is 0 Å². The highest BCUT2D eigenvalue weighted by molar-refractivity contribution is 4.81. The van der Waals surface area contributed by atoms with Gasteiger partial charge < -0.3 is 10.6 Å². The molecule has 1 saturated heterocycles. The van der Waals surface area contributed by atoms with Crippen molar-refractivity contribution in [2.75, 3.05) is 20.1 Å². The highest BCUT2D eigenvalue weighted by Gasteiger charge is 2.22. The van der Waals surface area contributed by atoms with Crippen LogP contribution >= 0.6 is 0 Å². The molecule has 8 heavy (non-hydrogen) atoms. The Balaban J connectivity index is 2.39. The van der Waals surface area contributed by atoms with Crippen molar-refractivity contribution in [2.45, 2.75) is 13.0 Å². The van der Waals surface area contributed by atoms with E-state index in [4.69, 9.17) is 5.73 Å². The standard InChI is InChI=1S/C6H14N2/c1-5-3-8(2)4-6(5)7/h5-6H,3-4,7H2,1-2H3. The molecule has 1 aliphatic heterocycles. The first kappa shape index (κ1) is 6.05. The number of hydrogen-bond acceptors (Lipinski definition) is 2. The maximum atomic E-state index is 5.73. The number of likely N-dealkylation sites (N-methyl/N-ethyl adjacent to an activating group) is 1. The van der Waals surface area contributed by atoms with Gasteiger partial charge >= 0.3 is 0 Å². The third kappa shape index (κ3) is 1.01. The van der Waals surface area contributed by atoms with Crippen molar-refractivity contribution in [1.82, 2.24) is 4.90 Å². The average Bonchev–Trinajstić information content (AvgIpc) is 1.85. The zero-order valence-corrected chi connectivity index (χ0v) is 5.59. The van der Waals surface area contributed by atoms with Crippen LogP contribution in [-0.2, 0) is 0 Å². The molecule has 48 valence electrons. The van der Waals surface area contributed by atoms with E-state index in [0.717, 1.165) is 6.54 Å². The van der Waals surface area contributed by atoms with Crippen molar-refractivity contribution in [3.8, 4) is 0 Å². The molecule has 2 nitrogen and oxygen atoms in total. The van der Waals surface area contributed by atoms with Gasteiger partial charge in [0.25, 0.3) is 0 Å². The van der Waals surface area contributed by atoms with E-state index in [1.807, 2.05) is 0 Å². The first-order chi connectivity index (χ1) is 3.70. The third-order valence-electron chi connectivity index (χ3n) is 1.85. The summed E-state index contributed by atoms with van der Waals surface area (Å²) in [6.45, 7) is 4.44. The monoisotopic (exact) mass is 114 g/mol. The maximum Gasteiger partial charge on any atom is 0.0206 e. The van der Waals surface area contributed by atoms with E-state index in [-0.39, 0.29) is 0 Å². The van der Waals surface area contributed by atoms with Gasteiger partial charge in [0.15, 0.2) is 0 Å². The molecule has 0 saturated carbocycles. The summed E-state index contributed by atoms with van der Waals surface area (Å²) < 4.78 is 0. The summed E-state index contributed by atoms with van der Waals surface area (Å²) in [6.07, 6.45) is 0. The molecule has 2 unspecified atom stereocenters. The Hall–Kier alpha value is -0.0800. The van der Waals surface area contributed by atoms with Crippen LogP contribution in [0.1, 0.15) is 6.92 Å². The smallest absolute Gasteiger partial charge is 0.0206 e. The largest absolute Gasteiger partial charge is 0.326 e. The molecule has 1 heterocycles. The Labute approximate surface area is 50.7 Å². The van der Waals surface area contributed by atoms with E-state index in [2.05, 4.69) is 18.9 Å². The van der Waals surface area contributed by atoms with E-state index in [9.17, 15) is 0 Å². The summed E-state index contributed by atoms with van der Waals surface area (Å²) in [4.78, 5) is 2.27. The van der Waals surface area contributed by atoms with Gasteiger partial charge in [-0.3, -0.25) is 0 Å². The van der Waals surface area contributed by atoms with Gasteiger partial charge in [0, 0.05) is 19.1 Å². The molecule has 0 aliphatic carbocycles. The minimum Gasteiger partial charge on any atom is -0.326 e. The van der Waals surface area contributed by atoms with Crippen LogP contribution in [-0.4, -0.2) is 31.1 Å². The Kier molecular flexibility index (Phi) is 1.54. The molecule has 0 aromatic carbocycles. The highest BCUT2D eigenvalue weighted by atomic mass is 15.1. The molecule has 1 aliphatic rings. The lowest BCUT2D eigenvalue weighted by atomic mass is 10.1. The molecule has 1 rings (SSSR count). The lowest BCUT2D eigenvalue weighted by Gasteiger charge is -2.03. The molecular weight excluding hydrogens is 100 g/mol. The second-order valence-electron chi connectivity index (χ2n) is 2.86. The van der Waals surface area contributed by atoms with E-state index >= 15 is 0 Å². The van der Waals surface area contributed by atoms with Crippen LogP contribution in [0.3, 0.4) is 0 Å². The number of nitrogens with two attached hydrogens (primary N) is 1. The van der Waals surface area contributed by atoms with Crippen molar-refractivity contribution in [1.29, 1.82) is 0 Å². The molecule has 0 amide bonds. The van der Waals surface area contributed by atoms with E-state index < -0.39 is 0 Å². The van der Waals surface area contributed by atoms with E-state index in [0.29, 0.717) is 12.0 Å². The Morgan fingerprint density at radius 3 is 2.25 bits per heavy atom. The zero-order chi connectivity index (χ0) is 6.15. The van der Waals surface area contributed by atoms with Crippen LogP contribution in [0.4, 0.5) is 0 Å². The molecule has 2 heteroatoms. The molecule has 0 aromatic heterocycles. The number of likely N-dealkylation sites (tertiary alicyclic amines) is 1. The second kappa shape index (κ2) is 2.03. The quantitative estimate of drug-likeness (QED) is 0.476. The topological polar surface area (TPSA) is 29.3 Å². The van der Waals surface area contributed by atoms with Gasteiger partial charge in [-0.15, -0.1) is 0 Å². The molecule has 2 atom stereocenters. The minimum atomic E-state index is 0.417. The predicted octanol–water partition coefficient (Wildman–Crippen LogP) is -0.105.